The first-order valence-electron chi connectivity index (χ1n) is 5.84. The summed E-state index contributed by atoms with van der Waals surface area (Å²) >= 11 is 1.07. The number of para-hydroxylation sites is 1. The molecule has 0 radical (unpaired) electrons. The van der Waals surface area contributed by atoms with Gasteiger partial charge in [-0.05, 0) is 11.6 Å². The number of amides is 1. The minimum Gasteiger partial charge on any atom is -0.488 e. The number of carbonyl (C=O) groups excluding carboxylic acids is 1. The summed E-state index contributed by atoms with van der Waals surface area (Å²) in [5, 5.41) is 10.6. The van der Waals surface area contributed by atoms with Crippen LogP contribution in [0.1, 0.15) is 15.4 Å². The molecule has 0 saturated carbocycles. The van der Waals surface area contributed by atoms with E-state index in [9.17, 15) is 4.79 Å². The number of nitrogen functional groups attached to an aromatic ring is 1. The van der Waals surface area contributed by atoms with E-state index in [4.69, 9.17) is 10.5 Å². The van der Waals surface area contributed by atoms with Crippen molar-refractivity contribution in [1.29, 1.82) is 0 Å². The predicted octanol–water partition coefficient (Wildman–Crippen LogP) is 0.854. The monoisotopic (exact) mass is 276 g/mol. The molecular weight excluding hydrogens is 264 g/mol. The van der Waals surface area contributed by atoms with Crippen molar-refractivity contribution in [2.24, 2.45) is 0 Å². The van der Waals surface area contributed by atoms with Gasteiger partial charge in [0.05, 0.1) is 6.54 Å². The first kappa shape index (κ1) is 11.9. The molecule has 1 amide bonds. The zero-order chi connectivity index (χ0) is 13.2. The molecule has 0 saturated heterocycles. The Labute approximate surface area is 113 Å². The molecule has 0 aliphatic carbocycles. The van der Waals surface area contributed by atoms with Gasteiger partial charge in [-0.15, -0.1) is 10.2 Å². The van der Waals surface area contributed by atoms with Crippen LogP contribution in [0.25, 0.3) is 0 Å². The van der Waals surface area contributed by atoms with Gasteiger partial charge in [0, 0.05) is 6.42 Å². The van der Waals surface area contributed by atoms with Crippen LogP contribution in [0.2, 0.25) is 0 Å². The van der Waals surface area contributed by atoms with Crippen LogP contribution >= 0.6 is 11.3 Å². The van der Waals surface area contributed by atoms with E-state index in [1.807, 2.05) is 24.3 Å². The van der Waals surface area contributed by atoms with Crippen LogP contribution in [0.4, 0.5) is 5.13 Å². The predicted molar refractivity (Wildman–Crippen MR) is 71.2 cm³/mol. The summed E-state index contributed by atoms with van der Waals surface area (Å²) < 4.78 is 5.73. The Bertz CT molecular complexity index is 588. The lowest BCUT2D eigenvalue weighted by atomic mass is 10.1. The second-order valence-corrected chi connectivity index (χ2v) is 5.22. The Hall–Kier alpha value is -2.15. The van der Waals surface area contributed by atoms with Gasteiger partial charge >= 0.3 is 0 Å². The fraction of sp³-hybridized carbons (Fsp3) is 0.250. The molecule has 3 rings (SSSR count). The zero-order valence-corrected chi connectivity index (χ0v) is 10.8. The van der Waals surface area contributed by atoms with E-state index in [-0.39, 0.29) is 22.2 Å². The van der Waals surface area contributed by atoms with Crippen molar-refractivity contribution in [3.8, 4) is 5.75 Å². The highest BCUT2D eigenvalue weighted by Gasteiger charge is 2.23. The third-order valence-corrected chi connectivity index (χ3v) is 3.59. The number of carbonyl (C=O) groups is 1. The van der Waals surface area contributed by atoms with Crippen LogP contribution in [0.3, 0.4) is 0 Å². The maximum Gasteiger partial charge on any atom is 0.282 e. The molecule has 2 aromatic rings. The van der Waals surface area contributed by atoms with E-state index in [0.717, 1.165) is 23.5 Å². The van der Waals surface area contributed by atoms with Crippen LogP contribution in [0.5, 0.6) is 5.75 Å². The molecule has 2 heterocycles. The second-order valence-electron chi connectivity index (χ2n) is 4.21. The number of benzene rings is 1. The van der Waals surface area contributed by atoms with Crippen molar-refractivity contribution in [3.63, 3.8) is 0 Å². The number of aromatic nitrogens is 2. The van der Waals surface area contributed by atoms with E-state index >= 15 is 0 Å². The number of hydrogen-bond acceptors (Lipinski definition) is 6. The number of hydrogen-bond donors (Lipinski definition) is 2. The maximum absolute atomic E-state index is 11.8. The fourth-order valence-corrected chi connectivity index (χ4v) is 2.50. The van der Waals surface area contributed by atoms with E-state index in [1.165, 1.54) is 5.56 Å². The van der Waals surface area contributed by atoms with Gasteiger partial charge < -0.3 is 15.8 Å². The average Bonchev–Trinajstić information content (AvgIpc) is 3.01. The van der Waals surface area contributed by atoms with Gasteiger partial charge in [0.25, 0.3) is 5.91 Å². The number of nitrogens with zero attached hydrogens (tertiary/aromatic N) is 2. The molecule has 1 atom stereocenters. The number of rotatable bonds is 3. The first-order chi connectivity index (χ1) is 9.22. The summed E-state index contributed by atoms with van der Waals surface area (Å²) in [5.74, 6) is 0.621. The van der Waals surface area contributed by atoms with Gasteiger partial charge in [-0.25, -0.2) is 0 Å². The molecule has 3 N–H and O–H groups in total. The van der Waals surface area contributed by atoms with Crippen molar-refractivity contribution >= 4 is 22.4 Å². The minimum absolute atomic E-state index is 0.0355. The van der Waals surface area contributed by atoms with Gasteiger partial charge in [-0.1, -0.05) is 29.5 Å². The third kappa shape index (κ3) is 2.50. The van der Waals surface area contributed by atoms with Crippen LogP contribution in [0, 0.1) is 0 Å². The van der Waals surface area contributed by atoms with E-state index in [2.05, 4.69) is 15.5 Å². The largest absolute Gasteiger partial charge is 0.488 e. The standard InChI is InChI=1S/C12H12N4O2S/c13-12-16-15-11(19-12)10(17)14-6-8-5-7-3-1-2-4-9(7)18-8/h1-4,8H,5-6H2,(H2,13,16)(H,14,17). The summed E-state index contributed by atoms with van der Waals surface area (Å²) in [5.41, 5.74) is 6.60. The van der Waals surface area contributed by atoms with Crippen LogP contribution in [-0.2, 0) is 6.42 Å². The van der Waals surface area contributed by atoms with E-state index in [0.29, 0.717) is 6.54 Å². The lowest BCUT2D eigenvalue weighted by Crippen LogP contribution is -2.34. The fourth-order valence-electron chi connectivity index (χ4n) is 1.98. The topological polar surface area (TPSA) is 90.1 Å². The minimum atomic E-state index is -0.270. The number of ether oxygens (including phenoxy) is 1. The van der Waals surface area contributed by atoms with Gasteiger partial charge in [0.15, 0.2) is 0 Å². The third-order valence-electron chi connectivity index (χ3n) is 2.84. The Morgan fingerprint density at radius 3 is 3.05 bits per heavy atom. The smallest absolute Gasteiger partial charge is 0.282 e. The van der Waals surface area contributed by atoms with Crippen molar-refractivity contribution in [1.82, 2.24) is 15.5 Å². The SMILES string of the molecule is Nc1nnc(C(=O)NCC2Cc3ccccc3O2)s1. The molecular formula is C12H12N4O2S. The molecule has 6 nitrogen and oxygen atoms in total. The molecule has 0 spiro atoms. The highest BCUT2D eigenvalue weighted by atomic mass is 32.1. The number of fused-ring (bicyclic) bond motifs is 1. The van der Waals surface area contributed by atoms with Gasteiger partial charge in [0.2, 0.25) is 10.1 Å². The number of anilines is 1. The summed E-state index contributed by atoms with van der Waals surface area (Å²) in [4.78, 5) is 11.8. The Morgan fingerprint density at radius 1 is 1.47 bits per heavy atom. The first-order valence-corrected chi connectivity index (χ1v) is 6.66. The highest BCUT2D eigenvalue weighted by Crippen LogP contribution is 2.27. The van der Waals surface area contributed by atoms with Crippen molar-refractivity contribution in [2.45, 2.75) is 12.5 Å². The quantitative estimate of drug-likeness (QED) is 0.867. The van der Waals surface area contributed by atoms with Crippen molar-refractivity contribution in [2.75, 3.05) is 12.3 Å². The van der Waals surface area contributed by atoms with Gasteiger partial charge in [-0.3, -0.25) is 4.79 Å². The van der Waals surface area contributed by atoms with E-state index < -0.39 is 0 Å². The molecule has 1 aromatic heterocycles. The summed E-state index contributed by atoms with van der Waals surface area (Å²) in [7, 11) is 0. The molecule has 7 heteroatoms. The molecule has 98 valence electrons. The maximum atomic E-state index is 11.8. The van der Waals surface area contributed by atoms with Gasteiger partial charge in [0.1, 0.15) is 11.9 Å². The molecule has 0 fully saturated rings. The zero-order valence-electron chi connectivity index (χ0n) is 10.00. The normalized spacial score (nSPS) is 16.7. The summed E-state index contributed by atoms with van der Waals surface area (Å²) in [6.07, 6.45) is 0.765. The molecule has 19 heavy (non-hydrogen) atoms. The summed E-state index contributed by atoms with van der Waals surface area (Å²) in [6, 6.07) is 7.88. The number of nitrogens with one attached hydrogen (secondary N) is 1. The van der Waals surface area contributed by atoms with Gasteiger partial charge in [-0.2, -0.15) is 0 Å². The molecule has 1 unspecified atom stereocenters. The van der Waals surface area contributed by atoms with Crippen LogP contribution in [0.15, 0.2) is 24.3 Å². The Kier molecular flexibility index (Phi) is 3.04. The lowest BCUT2D eigenvalue weighted by molar-refractivity contribution is 0.0932. The Balaban J connectivity index is 1.56. The molecule has 1 aliphatic rings. The Morgan fingerprint density at radius 2 is 2.32 bits per heavy atom. The van der Waals surface area contributed by atoms with Crippen LogP contribution < -0.4 is 15.8 Å². The van der Waals surface area contributed by atoms with Crippen molar-refractivity contribution in [3.05, 3.63) is 34.8 Å². The van der Waals surface area contributed by atoms with E-state index in [1.54, 1.807) is 0 Å². The lowest BCUT2D eigenvalue weighted by Gasteiger charge is -2.10. The molecule has 0 bridgehead atoms. The summed E-state index contributed by atoms with van der Waals surface area (Å²) in [6.45, 7) is 0.437. The van der Waals surface area contributed by atoms with Crippen LogP contribution in [-0.4, -0.2) is 28.8 Å². The average molecular weight is 276 g/mol. The highest BCUT2D eigenvalue weighted by molar-refractivity contribution is 7.16. The number of nitrogens with two attached hydrogens (primary N) is 1. The molecule has 1 aliphatic heterocycles. The molecule has 1 aromatic carbocycles. The van der Waals surface area contributed by atoms with Crippen molar-refractivity contribution < 1.29 is 9.53 Å². The second kappa shape index (κ2) is 4.85.